The van der Waals surface area contributed by atoms with E-state index in [2.05, 4.69) is 15.4 Å². The maximum atomic E-state index is 15.1. The number of hydrogen-bond donors (Lipinski definition) is 2. The first-order chi connectivity index (χ1) is 16.6. The summed E-state index contributed by atoms with van der Waals surface area (Å²) in [7, 11) is 1.42. The summed E-state index contributed by atoms with van der Waals surface area (Å²) >= 11 is 0. The van der Waals surface area contributed by atoms with E-state index in [0.29, 0.717) is 13.0 Å². The number of aromatic nitrogens is 3. The number of ether oxygens (including phenoxy) is 1. The highest BCUT2D eigenvalue weighted by molar-refractivity contribution is 6.07. The molecule has 0 aliphatic heterocycles. The zero-order chi connectivity index (χ0) is 27.0. The number of para-hydroxylation sites is 1. The number of rotatable bonds is 7. The van der Waals surface area contributed by atoms with Gasteiger partial charge in [0.25, 0.3) is 12.3 Å². The first-order valence-corrected chi connectivity index (χ1v) is 10.5. The molecule has 3 rings (SSSR count). The number of amides is 1. The van der Waals surface area contributed by atoms with Crippen LogP contribution in [0.15, 0.2) is 36.4 Å². The van der Waals surface area contributed by atoms with Crippen LogP contribution < -0.4 is 10.1 Å². The molecule has 1 heterocycles. The zero-order valence-electron chi connectivity index (χ0n) is 19.5. The van der Waals surface area contributed by atoms with Gasteiger partial charge in [-0.15, -0.1) is 0 Å². The summed E-state index contributed by atoms with van der Waals surface area (Å²) in [6.45, 7) is 3.49. The lowest BCUT2D eigenvalue weighted by molar-refractivity contribution is -0.189. The molecule has 194 valence electrons. The van der Waals surface area contributed by atoms with Crippen LogP contribution in [0.1, 0.15) is 48.9 Å². The van der Waals surface area contributed by atoms with Crippen molar-refractivity contribution in [3.8, 4) is 17.1 Å². The minimum atomic E-state index is -4.83. The van der Waals surface area contributed by atoms with Crippen LogP contribution in [-0.2, 0) is 12.6 Å². The van der Waals surface area contributed by atoms with Gasteiger partial charge < -0.3 is 15.2 Å². The topological polar surface area (TPSA) is 89.3 Å². The van der Waals surface area contributed by atoms with Crippen LogP contribution in [-0.4, -0.2) is 38.1 Å². The van der Waals surface area contributed by atoms with Crippen LogP contribution in [0, 0.1) is 5.82 Å². The Balaban J connectivity index is 2.11. The zero-order valence-corrected chi connectivity index (χ0v) is 19.5. The summed E-state index contributed by atoms with van der Waals surface area (Å²) in [4.78, 5) is 16.9. The predicted molar refractivity (Wildman–Crippen MR) is 117 cm³/mol. The van der Waals surface area contributed by atoms with Crippen LogP contribution in [0.5, 0.6) is 5.75 Å². The Morgan fingerprint density at radius 3 is 2.36 bits per heavy atom. The minimum absolute atomic E-state index is 0.0356. The van der Waals surface area contributed by atoms with E-state index in [4.69, 9.17) is 4.74 Å². The molecule has 0 saturated carbocycles. The van der Waals surface area contributed by atoms with Crippen LogP contribution in [0.3, 0.4) is 0 Å². The summed E-state index contributed by atoms with van der Waals surface area (Å²) in [5.41, 5.74) is -3.40. The van der Waals surface area contributed by atoms with Crippen molar-refractivity contribution in [1.82, 2.24) is 14.8 Å². The predicted octanol–water partition coefficient (Wildman–Crippen LogP) is 5.37. The lowest BCUT2D eigenvalue weighted by atomic mass is 10.1. The molecule has 36 heavy (non-hydrogen) atoms. The van der Waals surface area contributed by atoms with Gasteiger partial charge in [-0.05, 0) is 39.0 Å². The number of anilines is 1. The number of hydrogen-bond acceptors (Lipinski definition) is 5. The third-order valence-electron chi connectivity index (χ3n) is 5.07. The highest BCUT2D eigenvalue weighted by atomic mass is 19.4. The van der Waals surface area contributed by atoms with E-state index in [9.17, 15) is 31.9 Å². The van der Waals surface area contributed by atoms with Gasteiger partial charge in [0, 0.05) is 18.3 Å². The molecule has 0 unspecified atom stereocenters. The van der Waals surface area contributed by atoms with Gasteiger partial charge >= 0.3 is 6.18 Å². The average molecular weight is 516 g/mol. The van der Waals surface area contributed by atoms with E-state index >= 15 is 4.39 Å². The van der Waals surface area contributed by atoms with Crippen molar-refractivity contribution in [3.63, 3.8) is 0 Å². The van der Waals surface area contributed by atoms with Gasteiger partial charge in [0.2, 0.25) is 0 Å². The molecule has 3 aromatic rings. The molecule has 1 amide bonds. The number of carbonyl (C=O) groups is 1. The Morgan fingerprint density at radius 1 is 1.17 bits per heavy atom. The summed E-state index contributed by atoms with van der Waals surface area (Å²) in [6.07, 6.45) is -10.2. The summed E-state index contributed by atoms with van der Waals surface area (Å²) in [5, 5.41) is 16.4. The molecule has 0 radical (unpaired) electrons. The highest BCUT2D eigenvalue weighted by Gasteiger charge is 2.39. The number of halogens is 6. The Bertz CT molecular complexity index is 1270. The number of nitrogens with zero attached hydrogens (tertiary/aromatic N) is 3. The Kier molecular flexibility index (Phi) is 7.35. The molecule has 1 atom stereocenters. The van der Waals surface area contributed by atoms with E-state index in [1.165, 1.54) is 39.1 Å². The van der Waals surface area contributed by atoms with Crippen LogP contribution in [0.25, 0.3) is 11.4 Å². The SMILES string of the molecule is C[C@H](Oc1cc(-c2nc(C(C)(C)O)n(C)n2)c(F)cc1C(=O)Nc1ccccc1C(F)F)C(F)(F)F. The standard InChI is InChI=1S/C23H22F6N4O3/c1-11(23(27,28)29)36-17-10-13(19-31-21(22(2,3)35)33(4)32-19)15(24)9-14(17)20(34)30-16-8-6-5-7-12(16)18(25)26/h5-11,18,35H,1-4H3,(H,30,34)/t11-/m0/s1. The maximum Gasteiger partial charge on any atom is 0.425 e. The second-order valence-electron chi connectivity index (χ2n) is 8.41. The molecule has 7 nitrogen and oxygen atoms in total. The van der Waals surface area contributed by atoms with E-state index in [1.54, 1.807) is 0 Å². The van der Waals surface area contributed by atoms with Crippen molar-refractivity contribution < 1.29 is 41.0 Å². The Hall–Kier alpha value is -3.61. The normalized spacial score (nSPS) is 13.1. The Labute approximate surface area is 201 Å². The molecule has 0 fully saturated rings. The second-order valence-corrected chi connectivity index (χ2v) is 8.41. The van der Waals surface area contributed by atoms with Crippen molar-refractivity contribution in [2.24, 2.45) is 7.05 Å². The van der Waals surface area contributed by atoms with E-state index in [-0.39, 0.29) is 17.3 Å². The van der Waals surface area contributed by atoms with Crippen molar-refractivity contribution in [2.45, 2.75) is 45.1 Å². The van der Waals surface area contributed by atoms with Crippen molar-refractivity contribution >= 4 is 11.6 Å². The molecule has 0 bridgehead atoms. The largest absolute Gasteiger partial charge is 0.480 e. The molecule has 0 spiro atoms. The molecule has 0 aliphatic carbocycles. The number of aryl methyl sites for hydroxylation is 1. The molecular weight excluding hydrogens is 494 g/mol. The molecule has 2 N–H and O–H groups in total. The number of aliphatic hydroxyl groups is 1. The van der Waals surface area contributed by atoms with Gasteiger partial charge in [-0.3, -0.25) is 4.79 Å². The first-order valence-electron chi connectivity index (χ1n) is 10.5. The summed E-state index contributed by atoms with van der Waals surface area (Å²) in [6, 6.07) is 6.32. The summed E-state index contributed by atoms with van der Waals surface area (Å²) in [5.74, 6) is -3.20. The molecule has 0 aliphatic rings. The Morgan fingerprint density at radius 2 is 1.81 bits per heavy atom. The molecule has 1 aromatic heterocycles. The van der Waals surface area contributed by atoms with E-state index in [0.717, 1.165) is 16.8 Å². The lowest BCUT2D eigenvalue weighted by Crippen LogP contribution is -2.32. The van der Waals surface area contributed by atoms with Crippen molar-refractivity contribution in [1.29, 1.82) is 0 Å². The van der Waals surface area contributed by atoms with Gasteiger partial charge in [-0.2, -0.15) is 18.3 Å². The molecule has 13 heteroatoms. The third kappa shape index (κ3) is 5.78. The fourth-order valence-corrected chi connectivity index (χ4v) is 3.28. The van der Waals surface area contributed by atoms with Crippen molar-refractivity contribution in [3.05, 3.63) is 59.2 Å². The minimum Gasteiger partial charge on any atom is -0.480 e. The lowest BCUT2D eigenvalue weighted by Gasteiger charge is -2.20. The first kappa shape index (κ1) is 27.0. The summed E-state index contributed by atoms with van der Waals surface area (Å²) < 4.78 is 87.4. The maximum absolute atomic E-state index is 15.1. The number of benzene rings is 2. The van der Waals surface area contributed by atoms with Gasteiger partial charge in [-0.25, -0.2) is 22.8 Å². The van der Waals surface area contributed by atoms with Gasteiger partial charge in [0.05, 0.1) is 11.1 Å². The fourth-order valence-electron chi connectivity index (χ4n) is 3.28. The van der Waals surface area contributed by atoms with Gasteiger partial charge in [-0.1, -0.05) is 18.2 Å². The smallest absolute Gasteiger partial charge is 0.425 e. The van der Waals surface area contributed by atoms with Crippen LogP contribution >= 0.6 is 0 Å². The number of nitrogens with one attached hydrogen (secondary N) is 1. The third-order valence-corrected chi connectivity index (χ3v) is 5.07. The van der Waals surface area contributed by atoms with Gasteiger partial charge in [0.15, 0.2) is 17.8 Å². The van der Waals surface area contributed by atoms with Crippen LogP contribution in [0.2, 0.25) is 0 Å². The second kappa shape index (κ2) is 9.80. The van der Waals surface area contributed by atoms with Crippen LogP contribution in [0.4, 0.5) is 32.0 Å². The molecule has 0 saturated heterocycles. The van der Waals surface area contributed by atoms with E-state index in [1.807, 2.05) is 0 Å². The van der Waals surface area contributed by atoms with Gasteiger partial charge in [0.1, 0.15) is 17.2 Å². The highest BCUT2D eigenvalue weighted by Crippen LogP contribution is 2.34. The molecular formula is C23H22F6N4O3. The quantitative estimate of drug-likeness (QED) is 0.413. The van der Waals surface area contributed by atoms with Crippen molar-refractivity contribution in [2.75, 3.05) is 5.32 Å². The average Bonchev–Trinajstić information content (AvgIpc) is 3.16. The van der Waals surface area contributed by atoms with E-state index < -0.39 is 58.5 Å². The monoisotopic (exact) mass is 516 g/mol. The number of alkyl halides is 5. The number of carbonyl (C=O) groups excluding carboxylic acids is 1. The fraction of sp³-hybridized carbons (Fsp3) is 0.348. The molecule has 2 aromatic carbocycles.